The van der Waals surface area contributed by atoms with Crippen LogP contribution in [0.1, 0.15) is 35.6 Å². The number of anilines is 1. The summed E-state index contributed by atoms with van der Waals surface area (Å²) in [6, 6.07) is 16.4. The largest absolute Gasteiger partial charge is 0.348 e. The van der Waals surface area contributed by atoms with E-state index in [9.17, 15) is 9.59 Å². The van der Waals surface area contributed by atoms with Gasteiger partial charge in [-0.1, -0.05) is 48.5 Å². The maximum absolute atomic E-state index is 13.0. The monoisotopic (exact) mass is 422 g/mol. The normalized spacial score (nSPS) is 21.9. The van der Waals surface area contributed by atoms with Crippen molar-refractivity contribution in [1.82, 2.24) is 5.32 Å². The van der Waals surface area contributed by atoms with Gasteiger partial charge in [0.2, 0.25) is 0 Å². The van der Waals surface area contributed by atoms with Gasteiger partial charge in [0.05, 0.1) is 0 Å². The second kappa shape index (κ2) is 9.62. The summed E-state index contributed by atoms with van der Waals surface area (Å²) in [5, 5.41) is 6.30. The van der Waals surface area contributed by atoms with Gasteiger partial charge in [0, 0.05) is 17.3 Å². The van der Waals surface area contributed by atoms with Crippen LogP contribution in [-0.4, -0.2) is 50.6 Å². The van der Waals surface area contributed by atoms with E-state index < -0.39 is 0 Å². The zero-order valence-electron chi connectivity index (χ0n) is 18.5. The highest BCUT2D eigenvalue weighted by Crippen LogP contribution is 2.20. The predicted octanol–water partition coefficient (Wildman–Crippen LogP) is 0.0452. The summed E-state index contributed by atoms with van der Waals surface area (Å²) in [6.45, 7) is 8.03. The van der Waals surface area contributed by atoms with Crippen molar-refractivity contribution >= 4 is 17.5 Å². The van der Waals surface area contributed by atoms with Gasteiger partial charge in [-0.15, -0.1) is 0 Å². The second-order valence-corrected chi connectivity index (χ2v) is 9.03. The maximum Gasteiger partial charge on any atom is 0.283 e. The third kappa shape index (κ3) is 5.51. The molecule has 0 radical (unpaired) electrons. The molecule has 2 amide bonds. The quantitative estimate of drug-likeness (QED) is 0.509. The first-order valence-electron chi connectivity index (χ1n) is 11.4. The summed E-state index contributed by atoms with van der Waals surface area (Å²) in [6.07, 6.45) is 2.19. The SMILES string of the molecule is Cc1cccc(C)c1NC(=O)C[NH+]1CC[NH+]([C@@H](C(=O)NC2CC2)c2ccccc2)CC1. The number of quaternary nitrogens is 2. The molecule has 31 heavy (non-hydrogen) atoms. The number of aryl methyl sites for hydroxylation is 2. The third-order valence-electron chi connectivity index (χ3n) is 6.48. The first-order chi connectivity index (χ1) is 15.0. The number of carbonyl (C=O) groups excluding carboxylic acids is 2. The van der Waals surface area contributed by atoms with E-state index in [-0.39, 0.29) is 17.9 Å². The molecule has 4 N–H and O–H groups in total. The zero-order valence-corrected chi connectivity index (χ0v) is 18.5. The summed E-state index contributed by atoms with van der Waals surface area (Å²) in [5.74, 6) is 0.196. The average Bonchev–Trinajstić information content (AvgIpc) is 3.57. The van der Waals surface area contributed by atoms with E-state index in [1.54, 1.807) is 0 Å². The Balaban J connectivity index is 1.35. The molecular formula is C25H34N4O2+2. The molecule has 0 spiro atoms. The van der Waals surface area contributed by atoms with Gasteiger partial charge in [-0.25, -0.2) is 0 Å². The number of amides is 2. The molecule has 1 atom stereocenters. The molecule has 1 heterocycles. The van der Waals surface area contributed by atoms with E-state index in [0.29, 0.717) is 12.6 Å². The Morgan fingerprint density at radius 2 is 1.58 bits per heavy atom. The molecule has 4 rings (SSSR count). The van der Waals surface area contributed by atoms with Crippen LogP contribution >= 0.6 is 0 Å². The van der Waals surface area contributed by atoms with Gasteiger partial charge in [-0.3, -0.25) is 9.59 Å². The third-order valence-corrected chi connectivity index (χ3v) is 6.48. The van der Waals surface area contributed by atoms with Crippen LogP contribution in [0.25, 0.3) is 0 Å². The summed E-state index contributed by atoms with van der Waals surface area (Å²) in [7, 11) is 0. The standard InChI is InChI=1S/C25H32N4O2/c1-18-7-6-8-19(2)23(18)27-22(30)17-28-13-15-29(16-14-28)24(20-9-4-3-5-10-20)25(31)26-21-11-12-21/h3-10,21,24H,11-17H2,1-2H3,(H,26,31)(H,27,30)/p+2/t24-/m1/s1. The van der Waals surface area contributed by atoms with Crippen LogP contribution in [0.5, 0.6) is 0 Å². The molecule has 0 bridgehead atoms. The van der Waals surface area contributed by atoms with Crippen molar-refractivity contribution < 1.29 is 19.4 Å². The highest BCUT2D eigenvalue weighted by atomic mass is 16.2. The van der Waals surface area contributed by atoms with E-state index >= 15 is 0 Å². The van der Waals surface area contributed by atoms with Crippen molar-refractivity contribution in [1.29, 1.82) is 0 Å². The number of hydrogen-bond acceptors (Lipinski definition) is 2. The Labute approximate surface area is 184 Å². The van der Waals surface area contributed by atoms with Crippen molar-refractivity contribution in [2.24, 2.45) is 0 Å². The first kappa shape index (κ1) is 21.5. The van der Waals surface area contributed by atoms with Crippen LogP contribution in [-0.2, 0) is 9.59 Å². The van der Waals surface area contributed by atoms with Crippen molar-refractivity contribution in [2.75, 3.05) is 38.0 Å². The van der Waals surface area contributed by atoms with Gasteiger partial charge in [0.1, 0.15) is 26.2 Å². The molecule has 6 nitrogen and oxygen atoms in total. The van der Waals surface area contributed by atoms with Gasteiger partial charge < -0.3 is 20.4 Å². The van der Waals surface area contributed by atoms with Crippen molar-refractivity contribution in [3.8, 4) is 0 Å². The molecular weight excluding hydrogens is 388 g/mol. The molecule has 1 aliphatic heterocycles. The van der Waals surface area contributed by atoms with E-state index in [1.807, 2.05) is 50.2 Å². The topological polar surface area (TPSA) is 67.1 Å². The number of carbonyl (C=O) groups is 2. The van der Waals surface area contributed by atoms with E-state index in [0.717, 1.165) is 61.4 Å². The lowest BCUT2D eigenvalue weighted by Gasteiger charge is -2.34. The molecule has 1 saturated carbocycles. The minimum atomic E-state index is -0.174. The fraction of sp³-hybridized carbons (Fsp3) is 0.440. The Hall–Kier alpha value is -2.70. The number of benzene rings is 2. The fourth-order valence-electron chi connectivity index (χ4n) is 4.54. The lowest BCUT2D eigenvalue weighted by molar-refractivity contribution is -1.02. The zero-order chi connectivity index (χ0) is 21.8. The molecule has 0 aromatic heterocycles. The van der Waals surface area contributed by atoms with Gasteiger partial charge >= 0.3 is 0 Å². The first-order valence-corrected chi connectivity index (χ1v) is 11.4. The minimum Gasteiger partial charge on any atom is -0.348 e. The number of piperazine rings is 1. The molecule has 2 fully saturated rings. The van der Waals surface area contributed by atoms with Crippen LogP contribution < -0.4 is 20.4 Å². The highest BCUT2D eigenvalue weighted by Gasteiger charge is 2.38. The average molecular weight is 423 g/mol. The second-order valence-electron chi connectivity index (χ2n) is 9.03. The lowest BCUT2D eigenvalue weighted by Crippen LogP contribution is -3.28. The van der Waals surface area contributed by atoms with Gasteiger partial charge in [0.15, 0.2) is 12.6 Å². The Morgan fingerprint density at radius 3 is 2.19 bits per heavy atom. The molecule has 1 aliphatic carbocycles. The Bertz CT molecular complexity index is 898. The van der Waals surface area contributed by atoms with Crippen molar-refractivity contribution in [3.63, 3.8) is 0 Å². The van der Waals surface area contributed by atoms with Crippen LogP contribution in [0.4, 0.5) is 5.69 Å². The van der Waals surface area contributed by atoms with Gasteiger partial charge in [-0.2, -0.15) is 0 Å². The van der Waals surface area contributed by atoms with Crippen molar-refractivity contribution in [3.05, 3.63) is 65.2 Å². The fourth-order valence-corrected chi connectivity index (χ4v) is 4.54. The van der Waals surface area contributed by atoms with Gasteiger partial charge in [0.25, 0.3) is 11.8 Å². The van der Waals surface area contributed by atoms with Crippen LogP contribution in [0.2, 0.25) is 0 Å². The molecule has 1 saturated heterocycles. The lowest BCUT2D eigenvalue weighted by atomic mass is 10.0. The van der Waals surface area contributed by atoms with E-state index in [2.05, 4.69) is 22.8 Å². The smallest absolute Gasteiger partial charge is 0.283 e. The predicted molar refractivity (Wildman–Crippen MR) is 121 cm³/mol. The molecule has 164 valence electrons. The van der Waals surface area contributed by atoms with E-state index in [4.69, 9.17) is 0 Å². The molecule has 2 aromatic carbocycles. The maximum atomic E-state index is 13.0. The molecule has 0 unspecified atom stereocenters. The molecule has 2 aliphatic rings. The van der Waals surface area contributed by atoms with Crippen LogP contribution in [0, 0.1) is 13.8 Å². The number of hydrogen-bond donors (Lipinski definition) is 4. The summed E-state index contributed by atoms with van der Waals surface area (Å²) >= 11 is 0. The van der Waals surface area contributed by atoms with E-state index in [1.165, 1.54) is 9.80 Å². The van der Waals surface area contributed by atoms with Gasteiger partial charge in [-0.05, 0) is 37.8 Å². The highest BCUT2D eigenvalue weighted by molar-refractivity contribution is 5.93. The number of rotatable bonds is 7. The van der Waals surface area contributed by atoms with Crippen LogP contribution in [0.15, 0.2) is 48.5 Å². The van der Waals surface area contributed by atoms with Crippen LogP contribution in [0.3, 0.4) is 0 Å². The minimum absolute atomic E-state index is 0.0573. The Kier molecular flexibility index (Phi) is 6.68. The number of para-hydroxylation sites is 1. The van der Waals surface area contributed by atoms with Crippen molar-refractivity contribution in [2.45, 2.75) is 38.8 Å². The Morgan fingerprint density at radius 1 is 0.935 bits per heavy atom. The summed E-state index contributed by atoms with van der Waals surface area (Å²) in [5.41, 5.74) is 4.18. The summed E-state index contributed by atoms with van der Waals surface area (Å²) in [4.78, 5) is 28.2. The molecule has 2 aromatic rings. The summed E-state index contributed by atoms with van der Waals surface area (Å²) < 4.78 is 0. The number of nitrogens with one attached hydrogen (secondary N) is 4. The molecule has 6 heteroatoms.